The van der Waals surface area contributed by atoms with Crippen LogP contribution in [0.5, 0.6) is 0 Å². The lowest BCUT2D eigenvalue weighted by molar-refractivity contribution is -0.121. The van der Waals surface area contributed by atoms with Crippen molar-refractivity contribution in [3.63, 3.8) is 0 Å². The third kappa shape index (κ3) is 6.00. The number of hydrogen-bond acceptors (Lipinski definition) is 3. The molecule has 6 heteroatoms. The van der Waals surface area contributed by atoms with Crippen LogP contribution in [0.25, 0.3) is 0 Å². The Morgan fingerprint density at radius 3 is 2.56 bits per heavy atom. The number of hydrogen-bond donors (Lipinski definition) is 2. The van der Waals surface area contributed by atoms with E-state index in [1.165, 1.54) is 0 Å². The molecular formula is C21H23ClN2O3. The van der Waals surface area contributed by atoms with Crippen LogP contribution in [0.15, 0.2) is 54.6 Å². The summed E-state index contributed by atoms with van der Waals surface area (Å²) in [5.74, 6) is -0.0671. The SMILES string of the molecule is O=C(Cc1ccccc1Cl)NC1CCCC(OC(=O)Nc2ccccc2)C1. The van der Waals surface area contributed by atoms with Gasteiger partial charge in [-0.2, -0.15) is 0 Å². The zero-order valence-corrected chi connectivity index (χ0v) is 15.7. The number of amides is 2. The molecule has 1 aliphatic rings. The lowest BCUT2D eigenvalue weighted by atomic mass is 9.92. The maximum Gasteiger partial charge on any atom is 0.411 e. The fraction of sp³-hybridized carbons (Fsp3) is 0.333. The van der Waals surface area contributed by atoms with Crippen molar-refractivity contribution >= 4 is 29.3 Å². The van der Waals surface area contributed by atoms with Crippen molar-refractivity contribution < 1.29 is 14.3 Å². The highest BCUT2D eigenvalue weighted by atomic mass is 35.5. The number of carbonyl (C=O) groups excluding carboxylic acids is 2. The number of benzene rings is 2. The number of halogens is 1. The van der Waals surface area contributed by atoms with Gasteiger partial charge in [-0.3, -0.25) is 10.1 Å². The van der Waals surface area contributed by atoms with Crippen LogP contribution in [0.4, 0.5) is 10.5 Å². The number of nitrogens with one attached hydrogen (secondary N) is 2. The van der Waals surface area contributed by atoms with Gasteiger partial charge in [0.05, 0.1) is 6.42 Å². The third-order valence-electron chi connectivity index (χ3n) is 4.59. The van der Waals surface area contributed by atoms with E-state index in [0.717, 1.165) is 24.8 Å². The van der Waals surface area contributed by atoms with Crippen molar-refractivity contribution in [2.24, 2.45) is 0 Å². The number of anilines is 1. The molecule has 2 amide bonds. The van der Waals surface area contributed by atoms with E-state index in [2.05, 4.69) is 10.6 Å². The topological polar surface area (TPSA) is 67.4 Å². The molecule has 0 heterocycles. The van der Waals surface area contributed by atoms with Crippen LogP contribution >= 0.6 is 11.6 Å². The second-order valence-electron chi connectivity index (χ2n) is 6.72. The summed E-state index contributed by atoms with van der Waals surface area (Å²) in [6.07, 6.45) is 2.79. The van der Waals surface area contributed by atoms with Crippen molar-refractivity contribution in [1.82, 2.24) is 5.32 Å². The molecule has 0 saturated heterocycles. The van der Waals surface area contributed by atoms with E-state index < -0.39 is 6.09 Å². The maximum atomic E-state index is 12.3. The zero-order chi connectivity index (χ0) is 19.1. The smallest absolute Gasteiger partial charge is 0.411 e. The van der Waals surface area contributed by atoms with Gasteiger partial charge in [-0.05, 0) is 43.0 Å². The first-order chi connectivity index (χ1) is 13.1. The van der Waals surface area contributed by atoms with Gasteiger partial charge in [0.1, 0.15) is 6.10 Å². The van der Waals surface area contributed by atoms with Gasteiger partial charge in [-0.15, -0.1) is 0 Å². The molecule has 3 rings (SSSR count). The van der Waals surface area contributed by atoms with Gasteiger partial charge >= 0.3 is 6.09 Å². The summed E-state index contributed by atoms with van der Waals surface area (Å²) in [6.45, 7) is 0. The molecule has 1 saturated carbocycles. The Labute approximate surface area is 164 Å². The van der Waals surface area contributed by atoms with Crippen LogP contribution < -0.4 is 10.6 Å². The normalized spacial score (nSPS) is 19.1. The average Bonchev–Trinajstić information content (AvgIpc) is 2.64. The van der Waals surface area contributed by atoms with Gasteiger partial charge in [-0.25, -0.2) is 4.79 Å². The maximum absolute atomic E-state index is 12.3. The van der Waals surface area contributed by atoms with Gasteiger partial charge in [0, 0.05) is 23.2 Å². The number of rotatable bonds is 5. The highest BCUT2D eigenvalue weighted by Crippen LogP contribution is 2.22. The molecule has 2 unspecified atom stereocenters. The second-order valence-corrected chi connectivity index (χ2v) is 7.12. The average molecular weight is 387 g/mol. The molecular weight excluding hydrogens is 364 g/mol. The van der Waals surface area contributed by atoms with Crippen LogP contribution in [-0.2, 0) is 16.0 Å². The van der Waals surface area contributed by atoms with Gasteiger partial charge in [-0.1, -0.05) is 48.0 Å². The minimum Gasteiger partial charge on any atom is -0.446 e. The number of carbonyl (C=O) groups is 2. The fourth-order valence-corrected chi connectivity index (χ4v) is 3.50. The molecule has 2 atom stereocenters. The monoisotopic (exact) mass is 386 g/mol. The van der Waals surface area contributed by atoms with Crippen LogP contribution in [-0.4, -0.2) is 24.1 Å². The molecule has 0 aromatic heterocycles. The predicted octanol–water partition coefficient (Wildman–Crippen LogP) is 4.56. The lowest BCUT2D eigenvalue weighted by Crippen LogP contribution is -2.41. The fourth-order valence-electron chi connectivity index (χ4n) is 3.30. The van der Waals surface area contributed by atoms with Gasteiger partial charge in [0.2, 0.25) is 5.91 Å². The van der Waals surface area contributed by atoms with E-state index in [1.807, 2.05) is 36.4 Å². The first-order valence-corrected chi connectivity index (χ1v) is 9.53. The molecule has 2 N–H and O–H groups in total. The Kier molecular flexibility index (Phi) is 6.71. The summed E-state index contributed by atoms with van der Waals surface area (Å²) < 4.78 is 5.52. The minimum atomic E-state index is -0.464. The largest absolute Gasteiger partial charge is 0.446 e. The number of para-hydroxylation sites is 1. The lowest BCUT2D eigenvalue weighted by Gasteiger charge is -2.29. The molecule has 2 aromatic rings. The van der Waals surface area contributed by atoms with Gasteiger partial charge in [0.25, 0.3) is 0 Å². The Balaban J connectivity index is 1.46. The molecule has 1 fully saturated rings. The van der Waals surface area contributed by atoms with Crippen molar-refractivity contribution in [2.75, 3.05) is 5.32 Å². The predicted molar refractivity (Wildman–Crippen MR) is 106 cm³/mol. The molecule has 0 bridgehead atoms. The Hall–Kier alpha value is -2.53. The van der Waals surface area contributed by atoms with E-state index in [1.54, 1.807) is 18.2 Å². The summed E-state index contributed by atoms with van der Waals surface area (Å²) in [6, 6.07) is 16.5. The highest BCUT2D eigenvalue weighted by molar-refractivity contribution is 6.31. The van der Waals surface area contributed by atoms with Gasteiger partial charge in [0.15, 0.2) is 0 Å². The summed E-state index contributed by atoms with van der Waals surface area (Å²) in [5.41, 5.74) is 1.51. The van der Waals surface area contributed by atoms with Crippen molar-refractivity contribution in [3.8, 4) is 0 Å². The second kappa shape index (κ2) is 9.42. The van der Waals surface area contributed by atoms with Crippen LogP contribution in [0.1, 0.15) is 31.2 Å². The van der Waals surface area contributed by atoms with E-state index in [9.17, 15) is 9.59 Å². The van der Waals surface area contributed by atoms with Crippen LogP contribution in [0, 0.1) is 0 Å². The summed E-state index contributed by atoms with van der Waals surface area (Å²) in [5, 5.41) is 6.35. The van der Waals surface area contributed by atoms with E-state index in [0.29, 0.717) is 17.1 Å². The highest BCUT2D eigenvalue weighted by Gasteiger charge is 2.26. The van der Waals surface area contributed by atoms with Crippen LogP contribution in [0.3, 0.4) is 0 Å². The quantitative estimate of drug-likeness (QED) is 0.791. The number of ether oxygens (including phenoxy) is 1. The molecule has 142 valence electrons. The molecule has 5 nitrogen and oxygen atoms in total. The Bertz CT molecular complexity index is 782. The van der Waals surface area contributed by atoms with Gasteiger partial charge < -0.3 is 10.1 Å². The third-order valence-corrected chi connectivity index (χ3v) is 4.96. The van der Waals surface area contributed by atoms with E-state index >= 15 is 0 Å². The summed E-state index contributed by atoms with van der Waals surface area (Å²) >= 11 is 6.11. The Morgan fingerprint density at radius 1 is 1.04 bits per heavy atom. The molecule has 2 aromatic carbocycles. The van der Waals surface area contributed by atoms with Crippen molar-refractivity contribution in [2.45, 2.75) is 44.2 Å². The first kappa shape index (κ1) is 19.2. The molecule has 0 spiro atoms. The molecule has 27 heavy (non-hydrogen) atoms. The standard InChI is InChI=1S/C21H23ClN2O3/c22-19-12-5-4-7-15(19)13-20(25)23-17-10-6-11-18(14-17)27-21(26)24-16-8-2-1-3-9-16/h1-5,7-9,12,17-18H,6,10-11,13-14H2,(H,23,25)(H,24,26). The van der Waals surface area contributed by atoms with Crippen molar-refractivity contribution in [1.29, 1.82) is 0 Å². The molecule has 1 aliphatic carbocycles. The van der Waals surface area contributed by atoms with Crippen LogP contribution in [0.2, 0.25) is 5.02 Å². The Morgan fingerprint density at radius 2 is 1.78 bits per heavy atom. The van der Waals surface area contributed by atoms with Crippen molar-refractivity contribution in [3.05, 3.63) is 65.2 Å². The summed E-state index contributed by atoms with van der Waals surface area (Å²) in [4.78, 5) is 24.4. The zero-order valence-electron chi connectivity index (χ0n) is 15.0. The minimum absolute atomic E-state index is 0.00302. The van der Waals surface area contributed by atoms with E-state index in [4.69, 9.17) is 16.3 Å². The molecule has 0 aliphatic heterocycles. The van der Waals surface area contributed by atoms with E-state index in [-0.39, 0.29) is 24.5 Å². The first-order valence-electron chi connectivity index (χ1n) is 9.15. The molecule has 0 radical (unpaired) electrons. The summed E-state index contributed by atoms with van der Waals surface area (Å²) in [7, 11) is 0.